The van der Waals surface area contributed by atoms with Crippen molar-refractivity contribution < 1.29 is 38.4 Å². The summed E-state index contributed by atoms with van der Waals surface area (Å²) in [6.45, 7) is 8.37. The van der Waals surface area contributed by atoms with Crippen molar-refractivity contribution in [2.75, 3.05) is 49.1 Å². The molecule has 94 heavy (non-hydrogen) atoms. The van der Waals surface area contributed by atoms with Crippen LogP contribution in [-0.2, 0) is 14.4 Å². The number of likely N-dealkylation sites (tertiary alicyclic amines) is 2. The van der Waals surface area contributed by atoms with Gasteiger partial charge in [-0.3, -0.25) is 34.0 Å². The van der Waals surface area contributed by atoms with Crippen molar-refractivity contribution in [2.45, 2.75) is 218 Å². The summed E-state index contributed by atoms with van der Waals surface area (Å²) in [7, 11) is 0. The normalized spacial score (nSPS) is 20.5. The van der Waals surface area contributed by atoms with Crippen molar-refractivity contribution in [3.63, 3.8) is 0 Å². The number of carbonyl (C=O) groups is 8. The fourth-order valence-corrected chi connectivity index (χ4v) is 13.4. The molecule has 3 saturated carbocycles. The van der Waals surface area contributed by atoms with Crippen LogP contribution in [0.15, 0.2) is 121 Å². The zero-order chi connectivity index (χ0) is 66.5. The highest BCUT2D eigenvalue weighted by molar-refractivity contribution is 6.01. The molecular weight excluding hydrogens is 1180 g/mol. The van der Waals surface area contributed by atoms with Crippen LogP contribution >= 0.6 is 0 Å². The van der Waals surface area contributed by atoms with Crippen LogP contribution in [-0.4, -0.2) is 115 Å². The number of hydrogen-bond acceptors (Lipinski definition) is 8. The van der Waals surface area contributed by atoms with Gasteiger partial charge >= 0.3 is 30.2 Å². The topological polar surface area (TPSA) is 234 Å². The second-order valence-corrected chi connectivity index (χ2v) is 26.2. The SMILES string of the molecule is CCCCCCNC(=O)NCC1CCCC(CNC(=O)NCCCCCC)C1.O=C(CC1CCC(NC(=O)N(c2ccccc2)c2ccccc2)CC1)N(c1ccccc1)c1ccccc1.O=C1CCCCCN1C(=O)NC1CCC(NC(=O)N2CCCCCC2=O)CC1. The summed E-state index contributed by atoms with van der Waals surface area (Å²) < 4.78 is 0. The molecule has 5 fully saturated rings. The monoisotopic (exact) mass is 1290 g/mol. The van der Waals surface area contributed by atoms with Crippen molar-refractivity contribution in [3.05, 3.63) is 121 Å². The molecule has 5 aliphatic rings. The van der Waals surface area contributed by atoms with E-state index in [1.807, 2.05) is 126 Å². The van der Waals surface area contributed by atoms with Crippen LogP contribution in [0.4, 0.5) is 46.7 Å². The van der Waals surface area contributed by atoms with E-state index in [1.165, 1.54) is 54.7 Å². The van der Waals surface area contributed by atoms with Gasteiger partial charge in [-0.1, -0.05) is 144 Å². The lowest BCUT2D eigenvalue weighted by Crippen LogP contribution is -2.51. The van der Waals surface area contributed by atoms with Crippen LogP contribution in [0, 0.1) is 17.8 Å². The first kappa shape index (κ1) is 73.5. The third-order valence-corrected chi connectivity index (χ3v) is 18.8. The first-order valence-electron chi connectivity index (χ1n) is 35.8. The Morgan fingerprint density at radius 1 is 0.404 bits per heavy atom. The Kier molecular flexibility index (Phi) is 32.6. The third kappa shape index (κ3) is 25.7. The Labute approximate surface area is 559 Å². The number of nitrogens with zero attached hydrogens (tertiary/aromatic N) is 4. The first-order valence-corrected chi connectivity index (χ1v) is 35.8. The Morgan fingerprint density at radius 2 is 0.787 bits per heavy atom. The lowest BCUT2D eigenvalue weighted by molar-refractivity contribution is -0.128. The molecule has 0 spiro atoms. The van der Waals surface area contributed by atoms with E-state index in [1.54, 1.807) is 4.90 Å². The van der Waals surface area contributed by atoms with E-state index >= 15 is 0 Å². The van der Waals surface area contributed by atoms with Crippen LogP contribution in [0.1, 0.15) is 200 Å². The maximum Gasteiger partial charge on any atom is 0.326 e. The molecule has 7 N–H and O–H groups in total. The zero-order valence-corrected chi connectivity index (χ0v) is 56.3. The summed E-state index contributed by atoms with van der Waals surface area (Å²) in [5, 5.41) is 21.2. The second-order valence-electron chi connectivity index (χ2n) is 26.2. The Bertz CT molecular complexity index is 2620. The van der Waals surface area contributed by atoms with E-state index in [-0.39, 0.29) is 66.0 Å². The number of urea groups is 5. The summed E-state index contributed by atoms with van der Waals surface area (Å²) in [6.07, 6.45) is 27.3. The molecule has 512 valence electrons. The van der Waals surface area contributed by atoms with E-state index < -0.39 is 0 Å². The molecule has 0 aromatic heterocycles. The number of benzene rings is 4. The average Bonchev–Trinajstić information content (AvgIpc) is 1.10. The van der Waals surface area contributed by atoms with Crippen molar-refractivity contribution >= 4 is 70.6 Å². The van der Waals surface area contributed by atoms with Crippen LogP contribution in [0.2, 0.25) is 0 Å². The van der Waals surface area contributed by atoms with E-state index in [2.05, 4.69) is 51.1 Å². The molecule has 19 heteroatoms. The number of amides is 13. The minimum Gasteiger partial charge on any atom is -0.338 e. The van der Waals surface area contributed by atoms with Gasteiger partial charge in [-0.2, -0.15) is 0 Å². The van der Waals surface area contributed by atoms with Crippen LogP contribution in [0.3, 0.4) is 0 Å². The fraction of sp³-hybridized carbons (Fsp3) is 0.573. The molecule has 3 aliphatic carbocycles. The molecule has 13 amide bonds. The maximum atomic E-state index is 13.5. The molecule has 2 saturated heterocycles. The highest BCUT2D eigenvalue weighted by Crippen LogP contribution is 2.34. The molecule has 2 heterocycles. The minimum absolute atomic E-state index is 0.0246. The molecular formula is C75H109N11O8. The Balaban J connectivity index is 0.000000204. The molecule has 0 radical (unpaired) electrons. The second kappa shape index (κ2) is 41.7. The summed E-state index contributed by atoms with van der Waals surface area (Å²) in [6, 6.07) is 38.5. The summed E-state index contributed by atoms with van der Waals surface area (Å²) in [5.41, 5.74) is 3.42. The van der Waals surface area contributed by atoms with Gasteiger partial charge < -0.3 is 37.2 Å². The summed E-state index contributed by atoms with van der Waals surface area (Å²) in [4.78, 5) is 106. The minimum atomic E-state index is -0.283. The molecule has 19 nitrogen and oxygen atoms in total. The Morgan fingerprint density at radius 3 is 1.19 bits per heavy atom. The maximum absolute atomic E-state index is 13.5. The molecule has 2 unspecified atom stereocenters. The third-order valence-electron chi connectivity index (χ3n) is 18.8. The number of para-hydroxylation sites is 4. The zero-order valence-electron chi connectivity index (χ0n) is 56.3. The smallest absolute Gasteiger partial charge is 0.326 e. The quantitative estimate of drug-likeness (QED) is 0.0352. The van der Waals surface area contributed by atoms with E-state index in [4.69, 9.17) is 0 Å². The van der Waals surface area contributed by atoms with Gasteiger partial charge in [0.1, 0.15) is 0 Å². The fourth-order valence-electron chi connectivity index (χ4n) is 13.4. The number of carbonyl (C=O) groups excluding carboxylic acids is 8. The lowest BCUT2D eigenvalue weighted by atomic mass is 9.81. The summed E-state index contributed by atoms with van der Waals surface area (Å²) in [5.74, 6) is 1.27. The number of hydrogen-bond donors (Lipinski definition) is 7. The number of imide groups is 2. The van der Waals surface area contributed by atoms with Gasteiger partial charge in [-0.05, 0) is 175 Å². The predicted octanol–water partition coefficient (Wildman–Crippen LogP) is 14.9. The highest BCUT2D eigenvalue weighted by Gasteiger charge is 2.32. The van der Waals surface area contributed by atoms with Gasteiger partial charge in [-0.25, -0.2) is 24.0 Å². The number of unbranched alkanes of at least 4 members (excludes halogenated alkanes) is 6. The lowest BCUT2D eigenvalue weighted by Gasteiger charge is -2.32. The first-order chi connectivity index (χ1) is 45.9. The van der Waals surface area contributed by atoms with E-state index in [0.29, 0.717) is 50.1 Å². The largest absolute Gasteiger partial charge is 0.338 e. The van der Waals surface area contributed by atoms with Crippen LogP contribution in [0.5, 0.6) is 0 Å². The van der Waals surface area contributed by atoms with E-state index in [9.17, 15) is 38.4 Å². The van der Waals surface area contributed by atoms with Gasteiger partial charge in [0, 0.05) is 88.0 Å². The Hall–Kier alpha value is -7.96. The molecule has 2 aliphatic heterocycles. The van der Waals surface area contributed by atoms with Crippen molar-refractivity contribution in [1.82, 2.24) is 47.0 Å². The molecule has 2 atom stereocenters. The van der Waals surface area contributed by atoms with Gasteiger partial charge in [0.25, 0.3) is 0 Å². The number of nitrogens with one attached hydrogen (secondary N) is 7. The van der Waals surface area contributed by atoms with Crippen LogP contribution < -0.4 is 47.0 Å². The van der Waals surface area contributed by atoms with Gasteiger partial charge in [-0.15, -0.1) is 0 Å². The molecule has 9 rings (SSSR count). The van der Waals surface area contributed by atoms with Gasteiger partial charge in [0.15, 0.2) is 0 Å². The van der Waals surface area contributed by atoms with Gasteiger partial charge in [0.05, 0.1) is 11.4 Å². The summed E-state index contributed by atoms with van der Waals surface area (Å²) >= 11 is 0. The number of rotatable bonds is 23. The predicted molar refractivity (Wildman–Crippen MR) is 374 cm³/mol. The standard InChI is InChI=1S/C33H33N3O2.C22H44N4O2.C20H32N4O4/c37-32(35(28-13-5-1-6-14-28)29-15-7-2-8-16-29)25-26-21-23-27(24-22-26)34-33(38)36(30-17-9-3-10-18-30)31-19-11-4-12-20-31;1-3-5-7-9-14-23-21(27)25-17-19-12-11-13-20(16-19)18-26-22(28)24-15-10-8-6-4-2;25-17-7-3-1-5-13-23(17)19(27)21-15-9-11-16(12-10-15)22-20(28)24-14-6-2-4-8-18(24)26/h1-20,26-27H,21-25H2,(H,34,38);19-20H,3-18H2,1-2H3,(H2,23,25,27)(H2,24,26,28);15-16H,1-14H2,(H,21,27)(H,22,28). The van der Waals surface area contributed by atoms with Crippen molar-refractivity contribution in [1.29, 1.82) is 0 Å². The molecule has 4 aromatic carbocycles. The molecule has 0 bridgehead atoms. The number of anilines is 4. The van der Waals surface area contributed by atoms with Gasteiger partial charge in [0.2, 0.25) is 17.7 Å². The molecule has 4 aromatic rings. The van der Waals surface area contributed by atoms with Crippen molar-refractivity contribution in [3.8, 4) is 0 Å². The average molecular weight is 1290 g/mol. The van der Waals surface area contributed by atoms with Crippen LogP contribution in [0.25, 0.3) is 0 Å². The van der Waals surface area contributed by atoms with E-state index in [0.717, 1.165) is 171 Å². The van der Waals surface area contributed by atoms with Crippen molar-refractivity contribution in [2.24, 2.45) is 17.8 Å². The highest BCUT2D eigenvalue weighted by atomic mass is 16.2.